The number of aryl methyl sites for hydroxylation is 2. The van der Waals surface area contributed by atoms with E-state index in [-0.39, 0.29) is 18.0 Å². The van der Waals surface area contributed by atoms with Crippen molar-refractivity contribution in [2.24, 2.45) is 5.92 Å². The Morgan fingerprint density at radius 1 is 1.17 bits per heavy atom. The number of aromatic nitrogens is 6. The Morgan fingerprint density at radius 3 is 2.63 bits per heavy atom. The van der Waals surface area contributed by atoms with Crippen molar-refractivity contribution < 1.29 is 4.79 Å². The highest BCUT2D eigenvalue weighted by Crippen LogP contribution is 2.34. The van der Waals surface area contributed by atoms with Gasteiger partial charge in [0, 0.05) is 43.5 Å². The number of rotatable bonds is 5. The SMILES string of the molecule is CCn1c(-c2cnc(C)nc2)nc2c(N[C@H]3CCN(C(=O)C4CC4)[C@@H]3C)ncnc21. The lowest BCUT2D eigenvalue weighted by molar-refractivity contribution is -0.133. The van der Waals surface area contributed by atoms with E-state index in [4.69, 9.17) is 4.98 Å². The van der Waals surface area contributed by atoms with E-state index in [1.165, 1.54) is 0 Å². The Hall–Kier alpha value is -3.10. The van der Waals surface area contributed by atoms with Crippen LogP contribution in [0.15, 0.2) is 18.7 Å². The first-order chi connectivity index (χ1) is 14.6. The van der Waals surface area contributed by atoms with Crippen molar-refractivity contribution in [3.8, 4) is 11.4 Å². The minimum atomic E-state index is 0.126. The van der Waals surface area contributed by atoms with Gasteiger partial charge in [-0.2, -0.15) is 0 Å². The molecule has 3 aromatic rings. The molecule has 0 aromatic carbocycles. The van der Waals surface area contributed by atoms with Gasteiger partial charge in [-0.1, -0.05) is 0 Å². The van der Waals surface area contributed by atoms with Crippen molar-refractivity contribution in [2.45, 2.75) is 58.7 Å². The van der Waals surface area contributed by atoms with Gasteiger partial charge in [0.25, 0.3) is 0 Å². The zero-order valence-corrected chi connectivity index (χ0v) is 17.5. The number of fused-ring (bicyclic) bond motifs is 1. The van der Waals surface area contributed by atoms with Crippen LogP contribution in [-0.2, 0) is 11.3 Å². The summed E-state index contributed by atoms with van der Waals surface area (Å²) in [5, 5.41) is 3.55. The third-order valence-electron chi connectivity index (χ3n) is 6.17. The first kappa shape index (κ1) is 18.9. The van der Waals surface area contributed by atoms with E-state index in [2.05, 4.69) is 43.7 Å². The van der Waals surface area contributed by atoms with Crippen LogP contribution < -0.4 is 5.32 Å². The quantitative estimate of drug-likeness (QED) is 0.694. The van der Waals surface area contributed by atoms with Crippen LogP contribution in [0.3, 0.4) is 0 Å². The minimum Gasteiger partial charge on any atom is -0.363 e. The number of nitrogens with zero attached hydrogens (tertiary/aromatic N) is 7. The van der Waals surface area contributed by atoms with E-state index in [9.17, 15) is 4.79 Å². The molecule has 1 amide bonds. The Kier molecular flexibility index (Phi) is 4.60. The Morgan fingerprint density at radius 2 is 1.93 bits per heavy atom. The third kappa shape index (κ3) is 3.18. The molecule has 30 heavy (non-hydrogen) atoms. The minimum absolute atomic E-state index is 0.126. The molecule has 0 spiro atoms. The van der Waals surface area contributed by atoms with Crippen molar-refractivity contribution in [1.29, 1.82) is 0 Å². The van der Waals surface area contributed by atoms with Gasteiger partial charge in [-0.15, -0.1) is 0 Å². The highest BCUT2D eigenvalue weighted by atomic mass is 16.2. The van der Waals surface area contributed by atoms with Gasteiger partial charge in [-0.25, -0.2) is 24.9 Å². The molecule has 0 bridgehead atoms. The molecule has 5 rings (SSSR count). The van der Waals surface area contributed by atoms with Gasteiger partial charge in [0.1, 0.15) is 18.0 Å². The fourth-order valence-electron chi connectivity index (χ4n) is 4.25. The number of nitrogens with one attached hydrogen (secondary N) is 1. The number of likely N-dealkylation sites (tertiary alicyclic amines) is 1. The van der Waals surface area contributed by atoms with Crippen molar-refractivity contribution in [1.82, 2.24) is 34.4 Å². The van der Waals surface area contributed by atoms with Crippen LogP contribution in [0.25, 0.3) is 22.6 Å². The topological polar surface area (TPSA) is 102 Å². The highest BCUT2D eigenvalue weighted by molar-refractivity contribution is 5.86. The van der Waals surface area contributed by atoms with E-state index in [1.807, 2.05) is 11.8 Å². The predicted octanol–water partition coefficient (Wildman–Crippen LogP) is 2.42. The lowest BCUT2D eigenvalue weighted by Gasteiger charge is -2.25. The van der Waals surface area contributed by atoms with Crippen LogP contribution in [0.2, 0.25) is 0 Å². The first-order valence-corrected chi connectivity index (χ1v) is 10.6. The highest BCUT2D eigenvalue weighted by Gasteiger charge is 2.40. The number of hydrogen-bond acceptors (Lipinski definition) is 7. The maximum Gasteiger partial charge on any atom is 0.225 e. The fourth-order valence-corrected chi connectivity index (χ4v) is 4.25. The van der Waals surface area contributed by atoms with E-state index in [0.717, 1.165) is 60.7 Å². The van der Waals surface area contributed by atoms with Crippen LogP contribution in [0.4, 0.5) is 5.82 Å². The first-order valence-electron chi connectivity index (χ1n) is 10.6. The zero-order chi connectivity index (χ0) is 20.8. The second-order valence-corrected chi connectivity index (χ2v) is 8.18. The summed E-state index contributed by atoms with van der Waals surface area (Å²) < 4.78 is 2.05. The molecule has 3 aromatic heterocycles. The Labute approximate surface area is 175 Å². The molecule has 2 fully saturated rings. The van der Waals surface area contributed by atoms with Gasteiger partial charge in [0.15, 0.2) is 17.0 Å². The number of carbonyl (C=O) groups excluding carboxylic acids is 1. The maximum atomic E-state index is 12.5. The van der Waals surface area contributed by atoms with Gasteiger partial charge in [-0.05, 0) is 40.0 Å². The van der Waals surface area contributed by atoms with E-state index in [0.29, 0.717) is 11.7 Å². The van der Waals surface area contributed by atoms with E-state index >= 15 is 0 Å². The molecule has 4 heterocycles. The molecule has 1 saturated heterocycles. The van der Waals surface area contributed by atoms with Gasteiger partial charge < -0.3 is 14.8 Å². The summed E-state index contributed by atoms with van der Waals surface area (Å²) in [6, 6.07) is 0.269. The molecule has 1 saturated carbocycles. The van der Waals surface area contributed by atoms with Crippen LogP contribution in [-0.4, -0.2) is 58.9 Å². The zero-order valence-electron chi connectivity index (χ0n) is 17.5. The summed E-state index contributed by atoms with van der Waals surface area (Å²) in [6.45, 7) is 7.55. The molecule has 2 aliphatic rings. The lowest BCUT2D eigenvalue weighted by Crippen LogP contribution is -2.40. The molecule has 0 unspecified atom stereocenters. The van der Waals surface area contributed by atoms with Crippen molar-refractivity contribution >= 4 is 22.9 Å². The monoisotopic (exact) mass is 406 g/mol. The summed E-state index contributed by atoms with van der Waals surface area (Å²) >= 11 is 0. The summed E-state index contributed by atoms with van der Waals surface area (Å²) in [4.78, 5) is 37.0. The molecule has 0 radical (unpaired) electrons. The average Bonchev–Trinajstić information content (AvgIpc) is 3.45. The third-order valence-corrected chi connectivity index (χ3v) is 6.17. The summed E-state index contributed by atoms with van der Waals surface area (Å²) in [6.07, 6.45) is 8.12. The average molecular weight is 406 g/mol. The fraction of sp³-hybridized carbons (Fsp3) is 0.524. The van der Waals surface area contributed by atoms with Crippen molar-refractivity contribution in [2.75, 3.05) is 11.9 Å². The van der Waals surface area contributed by atoms with Crippen LogP contribution in [0, 0.1) is 12.8 Å². The second-order valence-electron chi connectivity index (χ2n) is 8.18. The van der Waals surface area contributed by atoms with Crippen molar-refractivity contribution in [3.63, 3.8) is 0 Å². The molecular formula is C21H26N8O. The van der Waals surface area contributed by atoms with Gasteiger partial charge in [0.2, 0.25) is 5.91 Å². The molecule has 1 aliphatic carbocycles. The second kappa shape index (κ2) is 7.30. The Bertz CT molecular complexity index is 1090. The number of carbonyl (C=O) groups is 1. The van der Waals surface area contributed by atoms with Gasteiger partial charge in [-0.3, -0.25) is 4.79 Å². The summed E-state index contributed by atoms with van der Waals surface area (Å²) in [5.41, 5.74) is 2.36. The molecule has 1 aliphatic heterocycles. The molecule has 156 valence electrons. The van der Waals surface area contributed by atoms with Crippen LogP contribution in [0.1, 0.15) is 38.9 Å². The van der Waals surface area contributed by atoms with Crippen LogP contribution >= 0.6 is 0 Å². The predicted molar refractivity (Wildman–Crippen MR) is 113 cm³/mol. The largest absolute Gasteiger partial charge is 0.363 e. The van der Waals surface area contributed by atoms with Crippen molar-refractivity contribution in [3.05, 3.63) is 24.5 Å². The summed E-state index contributed by atoms with van der Waals surface area (Å²) in [5.74, 6) is 2.76. The molecule has 9 nitrogen and oxygen atoms in total. The van der Waals surface area contributed by atoms with Gasteiger partial charge >= 0.3 is 0 Å². The van der Waals surface area contributed by atoms with E-state index < -0.39 is 0 Å². The van der Waals surface area contributed by atoms with E-state index in [1.54, 1.807) is 18.7 Å². The molecule has 1 N–H and O–H groups in total. The Balaban J connectivity index is 1.46. The number of imidazole rings is 1. The smallest absolute Gasteiger partial charge is 0.225 e. The number of anilines is 1. The van der Waals surface area contributed by atoms with Gasteiger partial charge in [0.05, 0.1) is 5.56 Å². The summed E-state index contributed by atoms with van der Waals surface area (Å²) in [7, 11) is 0. The molecular weight excluding hydrogens is 380 g/mol. The maximum absolute atomic E-state index is 12.5. The van der Waals surface area contributed by atoms with Crippen LogP contribution in [0.5, 0.6) is 0 Å². The normalized spacial score (nSPS) is 21.4. The molecule has 2 atom stereocenters. The standard InChI is InChI=1S/C21H26N8O/c1-4-28-19(15-9-22-13(3)23-10-15)27-17-18(24-11-25-20(17)28)26-16-7-8-29(12(16)2)21(30)14-5-6-14/h9-12,14,16H,4-8H2,1-3H3,(H,24,25,26)/t12-,16+/m1/s1. The lowest BCUT2D eigenvalue weighted by atomic mass is 10.1. The number of hydrogen-bond donors (Lipinski definition) is 1. The number of amides is 1. The molecule has 9 heteroatoms.